The van der Waals surface area contributed by atoms with E-state index in [0.717, 1.165) is 42.1 Å². The normalized spacial score (nSPS) is 13.0. The van der Waals surface area contributed by atoms with E-state index in [0.29, 0.717) is 12.2 Å². The van der Waals surface area contributed by atoms with Crippen LogP contribution in [0.5, 0.6) is 5.75 Å². The van der Waals surface area contributed by atoms with Crippen LogP contribution >= 0.6 is 0 Å². The van der Waals surface area contributed by atoms with Gasteiger partial charge in [-0.3, -0.25) is 9.78 Å². The molecular formula is C23H23N3O2. The van der Waals surface area contributed by atoms with Gasteiger partial charge in [-0.25, -0.2) is 0 Å². The zero-order chi connectivity index (χ0) is 19.3. The van der Waals surface area contributed by atoms with Gasteiger partial charge in [0.2, 0.25) is 0 Å². The summed E-state index contributed by atoms with van der Waals surface area (Å²) in [5.74, 6) is 0.780. The molecule has 0 spiro atoms. The number of carbonyl (C=O) groups excluding carboxylic acids is 1. The van der Waals surface area contributed by atoms with Crippen molar-refractivity contribution in [2.45, 2.75) is 19.4 Å². The fraction of sp³-hybridized carbons (Fsp3) is 0.217. The highest BCUT2D eigenvalue weighted by Crippen LogP contribution is 2.28. The first-order valence-corrected chi connectivity index (χ1v) is 9.47. The van der Waals surface area contributed by atoms with Crippen molar-refractivity contribution >= 4 is 17.3 Å². The summed E-state index contributed by atoms with van der Waals surface area (Å²) in [5.41, 5.74) is 4.68. The zero-order valence-corrected chi connectivity index (χ0v) is 15.9. The molecule has 0 atom stereocenters. The number of para-hydroxylation sites is 1. The minimum atomic E-state index is -0.0553. The number of pyridine rings is 1. The minimum Gasteiger partial charge on any atom is -0.497 e. The number of nitrogens with one attached hydrogen (secondary N) is 1. The molecule has 1 aromatic heterocycles. The number of hydrogen-bond acceptors (Lipinski definition) is 4. The second kappa shape index (κ2) is 8.13. The Morgan fingerprint density at radius 3 is 2.79 bits per heavy atom. The zero-order valence-electron chi connectivity index (χ0n) is 15.9. The van der Waals surface area contributed by atoms with Crippen molar-refractivity contribution in [3.05, 3.63) is 83.7 Å². The van der Waals surface area contributed by atoms with Crippen molar-refractivity contribution in [2.24, 2.45) is 0 Å². The highest BCUT2D eigenvalue weighted by Gasteiger charge is 2.24. The number of carbonyl (C=O) groups is 1. The molecule has 1 N–H and O–H groups in total. The minimum absolute atomic E-state index is 0.0553. The molecule has 142 valence electrons. The van der Waals surface area contributed by atoms with Gasteiger partial charge in [-0.15, -0.1) is 0 Å². The molecule has 0 saturated carbocycles. The van der Waals surface area contributed by atoms with Crippen molar-refractivity contribution in [1.82, 2.24) is 4.98 Å². The van der Waals surface area contributed by atoms with Gasteiger partial charge in [0.25, 0.3) is 5.91 Å². The molecule has 0 saturated heterocycles. The monoisotopic (exact) mass is 373 g/mol. The van der Waals surface area contributed by atoms with E-state index in [-0.39, 0.29) is 5.91 Å². The van der Waals surface area contributed by atoms with Crippen LogP contribution in [0.15, 0.2) is 66.9 Å². The quantitative estimate of drug-likeness (QED) is 0.725. The number of aromatic nitrogens is 1. The van der Waals surface area contributed by atoms with Crippen LogP contribution in [0.25, 0.3) is 0 Å². The molecule has 0 fully saturated rings. The Morgan fingerprint density at radius 2 is 1.96 bits per heavy atom. The number of rotatable bonds is 5. The predicted octanol–water partition coefficient (Wildman–Crippen LogP) is 4.30. The molecule has 1 aliphatic rings. The number of anilines is 2. The summed E-state index contributed by atoms with van der Waals surface area (Å²) in [6.07, 6.45) is 3.66. The molecule has 1 aliphatic heterocycles. The lowest BCUT2D eigenvalue weighted by Crippen LogP contribution is -2.35. The highest BCUT2D eigenvalue weighted by atomic mass is 16.5. The van der Waals surface area contributed by atoms with Crippen LogP contribution in [-0.4, -0.2) is 24.5 Å². The fourth-order valence-electron chi connectivity index (χ4n) is 3.49. The third-order valence-corrected chi connectivity index (χ3v) is 4.99. The fourth-order valence-corrected chi connectivity index (χ4v) is 3.49. The maximum absolute atomic E-state index is 13.1. The van der Waals surface area contributed by atoms with Gasteiger partial charge in [0.05, 0.1) is 7.11 Å². The molecule has 5 nitrogen and oxygen atoms in total. The van der Waals surface area contributed by atoms with Gasteiger partial charge in [-0.05, 0) is 54.3 Å². The molecule has 4 rings (SSSR count). The second-order valence-corrected chi connectivity index (χ2v) is 6.82. The van der Waals surface area contributed by atoms with Crippen LogP contribution < -0.4 is 15.0 Å². The molecule has 0 aliphatic carbocycles. The lowest BCUT2D eigenvalue weighted by atomic mass is 10.0. The van der Waals surface area contributed by atoms with Crippen LogP contribution in [0.3, 0.4) is 0 Å². The first-order valence-electron chi connectivity index (χ1n) is 9.47. The highest BCUT2D eigenvalue weighted by molar-refractivity contribution is 6.05. The maximum atomic E-state index is 13.1. The Kier molecular flexibility index (Phi) is 5.24. The van der Waals surface area contributed by atoms with Crippen LogP contribution in [0.1, 0.15) is 28.0 Å². The number of methoxy groups -OCH3 is 1. The average Bonchev–Trinajstić information content (AvgIpc) is 2.77. The number of ether oxygens (including phenoxy) is 1. The van der Waals surface area contributed by atoms with E-state index in [1.807, 2.05) is 59.5 Å². The molecule has 2 aromatic carbocycles. The van der Waals surface area contributed by atoms with Gasteiger partial charge in [-0.1, -0.05) is 30.3 Å². The maximum Gasteiger partial charge on any atom is 0.276 e. The van der Waals surface area contributed by atoms with Crippen LogP contribution in [0.2, 0.25) is 0 Å². The van der Waals surface area contributed by atoms with E-state index in [4.69, 9.17) is 4.74 Å². The summed E-state index contributed by atoms with van der Waals surface area (Å²) in [6, 6.07) is 19.7. The molecular weight excluding hydrogens is 350 g/mol. The van der Waals surface area contributed by atoms with Gasteiger partial charge in [0.15, 0.2) is 0 Å². The van der Waals surface area contributed by atoms with Gasteiger partial charge < -0.3 is 15.0 Å². The number of amides is 1. The second-order valence-electron chi connectivity index (χ2n) is 6.82. The third kappa shape index (κ3) is 3.83. The Bertz CT molecular complexity index is 970. The molecule has 2 heterocycles. The third-order valence-electron chi connectivity index (χ3n) is 4.99. The van der Waals surface area contributed by atoms with Crippen LogP contribution in [0.4, 0.5) is 11.4 Å². The summed E-state index contributed by atoms with van der Waals surface area (Å²) in [5, 5.41) is 3.36. The summed E-state index contributed by atoms with van der Waals surface area (Å²) in [6.45, 7) is 1.38. The van der Waals surface area contributed by atoms with E-state index < -0.39 is 0 Å². The molecule has 5 heteroatoms. The number of hydrogen-bond donors (Lipinski definition) is 1. The predicted molar refractivity (Wildman–Crippen MR) is 111 cm³/mol. The van der Waals surface area contributed by atoms with Crippen LogP contribution in [-0.2, 0) is 13.0 Å². The first kappa shape index (κ1) is 18.0. The van der Waals surface area contributed by atoms with Gasteiger partial charge in [0, 0.05) is 30.7 Å². The number of fused-ring (bicyclic) bond motifs is 1. The molecule has 0 bridgehead atoms. The summed E-state index contributed by atoms with van der Waals surface area (Å²) in [7, 11) is 1.66. The van der Waals surface area contributed by atoms with E-state index in [1.165, 1.54) is 5.56 Å². The SMILES string of the molecule is COc1ccc(CNc2ccnc(C(=O)N3CCCc4ccccc43)c2)cc1. The molecule has 3 aromatic rings. The first-order chi connectivity index (χ1) is 13.7. The Labute approximate surface area is 165 Å². The number of benzene rings is 2. The van der Waals surface area contributed by atoms with Gasteiger partial charge in [0.1, 0.15) is 11.4 Å². The summed E-state index contributed by atoms with van der Waals surface area (Å²) >= 11 is 0. The van der Waals surface area contributed by atoms with E-state index in [2.05, 4.69) is 16.4 Å². The largest absolute Gasteiger partial charge is 0.497 e. The Morgan fingerprint density at radius 1 is 1.14 bits per heavy atom. The van der Waals surface area contributed by atoms with E-state index >= 15 is 0 Å². The van der Waals surface area contributed by atoms with E-state index in [1.54, 1.807) is 13.3 Å². The number of nitrogens with zero attached hydrogens (tertiary/aromatic N) is 2. The summed E-state index contributed by atoms with van der Waals surface area (Å²) in [4.78, 5) is 19.2. The van der Waals surface area contributed by atoms with Crippen LogP contribution in [0, 0.1) is 0 Å². The molecule has 1 amide bonds. The lowest BCUT2D eigenvalue weighted by Gasteiger charge is -2.29. The molecule has 0 radical (unpaired) electrons. The van der Waals surface area contributed by atoms with Gasteiger partial charge >= 0.3 is 0 Å². The number of aryl methyl sites for hydroxylation is 1. The van der Waals surface area contributed by atoms with Crippen molar-refractivity contribution in [2.75, 3.05) is 23.9 Å². The van der Waals surface area contributed by atoms with Gasteiger partial charge in [-0.2, -0.15) is 0 Å². The Balaban J connectivity index is 1.48. The molecule has 0 unspecified atom stereocenters. The lowest BCUT2D eigenvalue weighted by molar-refractivity contribution is 0.0980. The van der Waals surface area contributed by atoms with Crippen molar-refractivity contribution < 1.29 is 9.53 Å². The van der Waals surface area contributed by atoms with Crippen molar-refractivity contribution in [1.29, 1.82) is 0 Å². The van der Waals surface area contributed by atoms with Crippen molar-refractivity contribution in [3.63, 3.8) is 0 Å². The van der Waals surface area contributed by atoms with E-state index in [9.17, 15) is 4.79 Å². The van der Waals surface area contributed by atoms with Crippen molar-refractivity contribution in [3.8, 4) is 5.75 Å². The molecule has 28 heavy (non-hydrogen) atoms. The topological polar surface area (TPSA) is 54.5 Å². The average molecular weight is 373 g/mol. The summed E-state index contributed by atoms with van der Waals surface area (Å²) < 4.78 is 5.19. The smallest absolute Gasteiger partial charge is 0.276 e. The Hall–Kier alpha value is -3.34. The standard InChI is InChI=1S/C23H23N3O2/c1-28-20-10-8-17(9-11-20)16-25-19-12-13-24-21(15-19)23(27)26-14-4-6-18-5-2-3-7-22(18)26/h2-3,5,7-13,15H,4,6,14,16H2,1H3,(H,24,25).